The molecule has 2 aromatic rings. The summed E-state index contributed by atoms with van der Waals surface area (Å²) in [7, 11) is 0. The number of nitro benzene ring substituents is 1. The minimum atomic E-state index is -0.436. The Labute approximate surface area is 170 Å². The number of nitro groups is 1. The number of rotatable bonds is 9. The van der Waals surface area contributed by atoms with Crippen LogP contribution in [0.15, 0.2) is 48.5 Å². The standard InChI is InChI=1S/C22H27N3O4/c1-17-20(10-5-11-21(17)25(27)28)23-22(26)12-13-24(16-19-9-6-14-29-19)15-18-7-3-2-4-8-18/h2-5,7-8,10-11,19H,6,9,12-16H2,1H3,(H,23,26). The Morgan fingerprint density at radius 2 is 2.03 bits per heavy atom. The van der Waals surface area contributed by atoms with Gasteiger partial charge in [-0.15, -0.1) is 0 Å². The maximum Gasteiger partial charge on any atom is 0.274 e. The van der Waals surface area contributed by atoms with Gasteiger partial charge in [0.15, 0.2) is 0 Å². The summed E-state index contributed by atoms with van der Waals surface area (Å²) in [5.74, 6) is -0.154. The van der Waals surface area contributed by atoms with Crippen LogP contribution in [0.2, 0.25) is 0 Å². The van der Waals surface area contributed by atoms with Gasteiger partial charge in [0.25, 0.3) is 5.69 Å². The van der Waals surface area contributed by atoms with Crippen molar-refractivity contribution in [3.63, 3.8) is 0 Å². The Morgan fingerprint density at radius 3 is 2.72 bits per heavy atom. The second-order valence-electron chi connectivity index (χ2n) is 7.36. The normalized spacial score (nSPS) is 16.1. The quantitative estimate of drug-likeness (QED) is 0.512. The molecule has 1 aliphatic heterocycles. The van der Waals surface area contributed by atoms with Crippen LogP contribution in [0.5, 0.6) is 0 Å². The van der Waals surface area contributed by atoms with E-state index in [9.17, 15) is 14.9 Å². The number of carbonyl (C=O) groups is 1. The number of hydrogen-bond donors (Lipinski definition) is 1. The highest BCUT2D eigenvalue weighted by molar-refractivity contribution is 5.92. The second kappa shape index (κ2) is 10.1. The molecule has 1 aliphatic rings. The van der Waals surface area contributed by atoms with E-state index in [0.717, 1.165) is 32.5 Å². The Morgan fingerprint density at radius 1 is 1.24 bits per heavy atom. The number of ether oxygens (including phenoxy) is 1. The van der Waals surface area contributed by atoms with Crippen LogP contribution in [0.1, 0.15) is 30.4 Å². The Bertz CT molecular complexity index is 835. The van der Waals surface area contributed by atoms with Gasteiger partial charge in [-0.2, -0.15) is 0 Å². The van der Waals surface area contributed by atoms with E-state index in [0.29, 0.717) is 24.2 Å². The fourth-order valence-electron chi connectivity index (χ4n) is 3.58. The fraction of sp³-hybridized carbons (Fsp3) is 0.409. The van der Waals surface area contributed by atoms with E-state index < -0.39 is 4.92 Å². The molecule has 1 N–H and O–H groups in total. The van der Waals surface area contributed by atoms with Crippen LogP contribution in [0.4, 0.5) is 11.4 Å². The molecule has 1 amide bonds. The summed E-state index contributed by atoms with van der Waals surface area (Å²) in [6, 6.07) is 14.9. The summed E-state index contributed by atoms with van der Waals surface area (Å²) >= 11 is 0. The number of benzene rings is 2. The Hall–Kier alpha value is -2.77. The highest BCUT2D eigenvalue weighted by Crippen LogP contribution is 2.25. The third-order valence-corrected chi connectivity index (χ3v) is 5.17. The highest BCUT2D eigenvalue weighted by Gasteiger charge is 2.20. The lowest BCUT2D eigenvalue weighted by atomic mass is 10.1. The lowest BCUT2D eigenvalue weighted by Crippen LogP contribution is -2.34. The van der Waals surface area contributed by atoms with Crippen LogP contribution < -0.4 is 5.32 Å². The van der Waals surface area contributed by atoms with Gasteiger partial charge in [-0.05, 0) is 31.4 Å². The monoisotopic (exact) mass is 397 g/mol. The highest BCUT2D eigenvalue weighted by atomic mass is 16.6. The average molecular weight is 397 g/mol. The van der Waals surface area contributed by atoms with Gasteiger partial charge in [-0.1, -0.05) is 36.4 Å². The SMILES string of the molecule is Cc1c(NC(=O)CCN(Cc2ccccc2)CC2CCCO2)cccc1[N+](=O)[O-]. The third kappa shape index (κ3) is 6.10. The van der Waals surface area contributed by atoms with Gasteiger partial charge in [-0.3, -0.25) is 19.8 Å². The molecule has 0 aliphatic carbocycles. The molecule has 3 rings (SSSR count). The van der Waals surface area contributed by atoms with E-state index in [-0.39, 0.29) is 17.7 Å². The summed E-state index contributed by atoms with van der Waals surface area (Å²) in [6.45, 7) is 4.58. The van der Waals surface area contributed by atoms with Crippen molar-refractivity contribution in [1.82, 2.24) is 4.90 Å². The molecule has 7 heteroatoms. The molecule has 0 radical (unpaired) electrons. The predicted molar refractivity (Wildman–Crippen MR) is 112 cm³/mol. The molecule has 154 valence electrons. The molecule has 0 aromatic heterocycles. The average Bonchev–Trinajstić information content (AvgIpc) is 3.21. The van der Waals surface area contributed by atoms with Crippen molar-refractivity contribution < 1.29 is 14.5 Å². The third-order valence-electron chi connectivity index (χ3n) is 5.17. The summed E-state index contributed by atoms with van der Waals surface area (Å²) in [6.07, 6.45) is 2.64. The van der Waals surface area contributed by atoms with Gasteiger partial charge in [-0.25, -0.2) is 0 Å². The molecule has 29 heavy (non-hydrogen) atoms. The van der Waals surface area contributed by atoms with Crippen molar-refractivity contribution in [3.8, 4) is 0 Å². The first kappa shape index (κ1) is 21.0. The molecule has 7 nitrogen and oxygen atoms in total. The minimum absolute atomic E-state index is 0.00638. The molecular weight excluding hydrogens is 370 g/mol. The van der Waals surface area contributed by atoms with E-state index in [1.54, 1.807) is 19.1 Å². The lowest BCUT2D eigenvalue weighted by Gasteiger charge is -2.25. The van der Waals surface area contributed by atoms with Gasteiger partial charge in [0.2, 0.25) is 5.91 Å². The minimum Gasteiger partial charge on any atom is -0.377 e. The van der Waals surface area contributed by atoms with Crippen LogP contribution in [0.3, 0.4) is 0 Å². The first-order valence-electron chi connectivity index (χ1n) is 9.94. The summed E-state index contributed by atoms with van der Waals surface area (Å²) in [5.41, 5.74) is 2.15. The molecule has 1 atom stereocenters. The van der Waals surface area contributed by atoms with Crippen molar-refractivity contribution in [2.75, 3.05) is 25.0 Å². The summed E-state index contributed by atoms with van der Waals surface area (Å²) < 4.78 is 5.77. The molecule has 2 aromatic carbocycles. The number of nitrogens with zero attached hydrogens (tertiary/aromatic N) is 2. The molecule has 0 saturated carbocycles. The Balaban J connectivity index is 1.60. The van der Waals surface area contributed by atoms with E-state index in [4.69, 9.17) is 4.74 Å². The number of anilines is 1. The smallest absolute Gasteiger partial charge is 0.274 e. The number of carbonyl (C=O) groups excluding carboxylic acids is 1. The number of nitrogens with one attached hydrogen (secondary N) is 1. The van der Waals surface area contributed by atoms with E-state index in [1.165, 1.54) is 11.6 Å². The van der Waals surface area contributed by atoms with E-state index in [2.05, 4.69) is 22.3 Å². The zero-order valence-electron chi connectivity index (χ0n) is 16.7. The fourth-order valence-corrected chi connectivity index (χ4v) is 3.58. The Kier molecular flexibility index (Phi) is 7.32. The van der Waals surface area contributed by atoms with E-state index in [1.807, 2.05) is 18.2 Å². The van der Waals surface area contributed by atoms with Gasteiger partial charge in [0, 0.05) is 38.7 Å². The topological polar surface area (TPSA) is 84.7 Å². The number of amides is 1. The molecule has 1 fully saturated rings. The van der Waals surface area contributed by atoms with Crippen molar-refractivity contribution in [1.29, 1.82) is 0 Å². The molecule has 0 spiro atoms. The maximum absolute atomic E-state index is 12.5. The van der Waals surface area contributed by atoms with Crippen molar-refractivity contribution in [3.05, 3.63) is 69.8 Å². The van der Waals surface area contributed by atoms with Crippen molar-refractivity contribution in [2.45, 2.75) is 38.8 Å². The van der Waals surface area contributed by atoms with Gasteiger partial charge >= 0.3 is 0 Å². The first-order valence-corrected chi connectivity index (χ1v) is 9.94. The van der Waals surface area contributed by atoms with Crippen LogP contribution in [-0.2, 0) is 16.1 Å². The van der Waals surface area contributed by atoms with Crippen molar-refractivity contribution in [2.24, 2.45) is 0 Å². The lowest BCUT2D eigenvalue weighted by molar-refractivity contribution is -0.385. The van der Waals surface area contributed by atoms with Crippen LogP contribution in [-0.4, -0.2) is 41.5 Å². The van der Waals surface area contributed by atoms with E-state index >= 15 is 0 Å². The second-order valence-corrected chi connectivity index (χ2v) is 7.36. The predicted octanol–water partition coefficient (Wildman–Crippen LogP) is 3.91. The summed E-state index contributed by atoms with van der Waals surface area (Å²) in [4.78, 5) is 25.4. The van der Waals surface area contributed by atoms with Gasteiger partial charge in [0.05, 0.1) is 22.3 Å². The van der Waals surface area contributed by atoms with Crippen LogP contribution >= 0.6 is 0 Å². The maximum atomic E-state index is 12.5. The van der Waals surface area contributed by atoms with Crippen LogP contribution in [0.25, 0.3) is 0 Å². The number of hydrogen-bond acceptors (Lipinski definition) is 5. The molecule has 1 unspecified atom stereocenters. The zero-order valence-corrected chi connectivity index (χ0v) is 16.7. The van der Waals surface area contributed by atoms with Gasteiger partial charge < -0.3 is 10.1 Å². The largest absolute Gasteiger partial charge is 0.377 e. The first-order chi connectivity index (χ1) is 14.0. The molecular formula is C22H27N3O4. The molecule has 0 bridgehead atoms. The van der Waals surface area contributed by atoms with Crippen LogP contribution in [0, 0.1) is 17.0 Å². The molecule has 1 heterocycles. The van der Waals surface area contributed by atoms with Gasteiger partial charge in [0.1, 0.15) is 0 Å². The summed E-state index contributed by atoms with van der Waals surface area (Å²) in [5, 5.41) is 13.9. The zero-order chi connectivity index (χ0) is 20.6. The van der Waals surface area contributed by atoms with Crippen molar-refractivity contribution >= 4 is 17.3 Å². The molecule has 1 saturated heterocycles.